The summed E-state index contributed by atoms with van der Waals surface area (Å²) in [6, 6.07) is 11.8. The van der Waals surface area contributed by atoms with Crippen LogP contribution in [0.4, 0.5) is 14.6 Å². The van der Waals surface area contributed by atoms with Gasteiger partial charge in [-0.05, 0) is 91.0 Å². The molecular weight excluding hydrogens is 578 g/mol. The van der Waals surface area contributed by atoms with Crippen LogP contribution in [0.5, 0.6) is 0 Å². The number of nitrogens with zero attached hydrogens (tertiary/aromatic N) is 4. The molecule has 2 aromatic heterocycles. The van der Waals surface area contributed by atoms with Crippen LogP contribution in [-0.4, -0.2) is 51.8 Å². The minimum absolute atomic E-state index is 0.0342. The third kappa shape index (κ3) is 6.25. The minimum Gasteiger partial charge on any atom is -0.326 e. The second kappa shape index (κ2) is 10.9. The number of benzene rings is 1. The van der Waals surface area contributed by atoms with Gasteiger partial charge in [-0.1, -0.05) is 13.0 Å². The number of carbonyl (C=O) groups is 2. The number of alkyl halides is 2. The molecule has 7 rings (SSSR count). The van der Waals surface area contributed by atoms with Gasteiger partial charge in [0.1, 0.15) is 11.4 Å². The van der Waals surface area contributed by atoms with Crippen LogP contribution in [0.2, 0.25) is 0 Å². The fourth-order valence-corrected chi connectivity index (χ4v) is 5.85. The van der Waals surface area contributed by atoms with Crippen molar-refractivity contribution in [2.24, 2.45) is 5.41 Å². The first-order valence-corrected chi connectivity index (χ1v) is 15.5. The van der Waals surface area contributed by atoms with Gasteiger partial charge in [0.2, 0.25) is 0 Å². The zero-order valence-corrected chi connectivity index (χ0v) is 25.0. The van der Waals surface area contributed by atoms with E-state index in [0.29, 0.717) is 23.1 Å². The summed E-state index contributed by atoms with van der Waals surface area (Å²) in [7, 11) is 0. The zero-order valence-electron chi connectivity index (χ0n) is 25.0. The number of hydrogen-bond acceptors (Lipinski definition) is 6. The number of nitrogens with one attached hydrogen (secondary N) is 2. The molecule has 0 spiro atoms. The van der Waals surface area contributed by atoms with Crippen LogP contribution in [0.25, 0.3) is 11.1 Å². The largest absolute Gasteiger partial charge is 0.326 e. The van der Waals surface area contributed by atoms with Crippen molar-refractivity contribution in [1.29, 1.82) is 5.26 Å². The Morgan fingerprint density at radius 2 is 1.82 bits per heavy atom. The molecule has 45 heavy (non-hydrogen) atoms. The van der Waals surface area contributed by atoms with E-state index >= 15 is 0 Å². The summed E-state index contributed by atoms with van der Waals surface area (Å²) in [6.07, 6.45) is 7.86. The summed E-state index contributed by atoms with van der Waals surface area (Å²) in [5.41, 5.74) is 2.95. The number of pyridine rings is 2. The predicted octanol–water partition coefficient (Wildman–Crippen LogP) is 5.23. The minimum atomic E-state index is -2.93. The van der Waals surface area contributed by atoms with Gasteiger partial charge in [-0.3, -0.25) is 14.4 Å². The Balaban J connectivity index is 1.20. The number of nitriles is 1. The average molecular weight is 613 g/mol. The van der Waals surface area contributed by atoms with Gasteiger partial charge in [0.05, 0.1) is 24.7 Å². The molecule has 4 fully saturated rings. The maximum absolute atomic E-state index is 13.7. The quantitative estimate of drug-likeness (QED) is 0.324. The van der Waals surface area contributed by atoms with Gasteiger partial charge < -0.3 is 20.1 Å². The van der Waals surface area contributed by atoms with Gasteiger partial charge in [-0.15, -0.1) is 0 Å². The third-order valence-corrected chi connectivity index (χ3v) is 9.17. The van der Waals surface area contributed by atoms with E-state index in [2.05, 4.69) is 22.5 Å². The maximum atomic E-state index is 13.7. The summed E-state index contributed by atoms with van der Waals surface area (Å²) in [4.78, 5) is 46.1. The summed E-state index contributed by atoms with van der Waals surface area (Å²) in [6.45, 7) is 2.29. The van der Waals surface area contributed by atoms with Gasteiger partial charge in [-0.2, -0.15) is 5.26 Å². The summed E-state index contributed by atoms with van der Waals surface area (Å²) < 4.78 is 28.9. The first-order chi connectivity index (χ1) is 21.5. The van der Waals surface area contributed by atoms with Gasteiger partial charge in [0.15, 0.2) is 0 Å². The van der Waals surface area contributed by atoms with Crippen LogP contribution in [0.1, 0.15) is 94.9 Å². The van der Waals surface area contributed by atoms with E-state index in [0.717, 1.165) is 48.4 Å². The first-order valence-electron chi connectivity index (χ1n) is 15.5. The lowest BCUT2D eigenvalue weighted by molar-refractivity contribution is -0.113. The van der Waals surface area contributed by atoms with Crippen molar-refractivity contribution in [3.05, 3.63) is 80.9 Å². The second-order valence-electron chi connectivity index (χ2n) is 13.4. The van der Waals surface area contributed by atoms with Crippen molar-refractivity contribution in [1.82, 2.24) is 19.8 Å². The highest BCUT2D eigenvalue weighted by Crippen LogP contribution is 2.44. The van der Waals surface area contributed by atoms with Gasteiger partial charge in [0, 0.05) is 42.5 Å². The lowest BCUT2D eigenvalue weighted by Crippen LogP contribution is -2.58. The third-order valence-electron chi connectivity index (χ3n) is 9.17. The molecule has 3 saturated carbocycles. The van der Waals surface area contributed by atoms with Crippen molar-refractivity contribution in [2.75, 3.05) is 25.0 Å². The van der Waals surface area contributed by atoms with Crippen molar-refractivity contribution in [3.63, 3.8) is 0 Å². The van der Waals surface area contributed by atoms with E-state index in [1.54, 1.807) is 28.8 Å². The summed E-state index contributed by atoms with van der Waals surface area (Å²) in [5.74, 6) is -3.69. The lowest BCUT2D eigenvalue weighted by Gasteiger charge is -2.39. The van der Waals surface area contributed by atoms with Crippen molar-refractivity contribution < 1.29 is 18.4 Å². The summed E-state index contributed by atoms with van der Waals surface area (Å²) >= 11 is 0. The smallest absolute Gasteiger partial charge is 0.282 e. The molecule has 11 heteroatoms. The fraction of sp³-hybridized carbons (Fsp3) is 0.441. The van der Waals surface area contributed by atoms with E-state index < -0.39 is 30.8 Å². The monoisotopic (exact) mass is 612 g/mol. The van der Waals surface area contributed by atoms with Crippen LogP contribution >= 0.6 is 0 Å². The Bertz CT molecular complexity index is 1810. The molecule has 0 bridgehead atoms. The average Bonchev–Trinajstić information content (AvgIpc) is 3.85. The molecule has 0 radical (unpaired) electrons. The van der Waals surface area contributed by atoms with Crippen LogP contribution in [-0.2, 0) is 6.54 Å². The Labute approximate surface area is 259 Å². The Hall–Kier alpha value is -4.43. The number of amides is 2. The normalized spacial score (nSPS) is 19.4. The lowest BCUT2D eigenvalue weighted by atomic mass is 9.95. The number of aromatic nitrogens is 2. The molecule has 3 aliphatic carbocycles. The molecule has 0 atom stereocenters. The molecule has 232 valence electrons. The second-order valence-corrected chi connectivity index (χ2v) is 13.4. The molecule has 3 heterocycles. The molecule has 2 amide bonds. The van der Waals surface area contributed by atoms with E-state index in [1.807, 2.05) is 18.3 Å². The summed E-state index contributed by atoms with van der Waals surface area (Å²) in [5, 5.41) is 15.8. The maximum Gasteiger partial charge on any atom is 0.282 e. The van der Waals surface area contributed by atoms with E-state index in [-0.39, 0.29) is 40.0 Å². The van der Waals surface area contributed by atoms with Crippen LogP contribution in [0.15, 0.2) is 47.4 Å². The van der Waals surface area contributed by atoms with Gasteiger partial charge in [-0.25, -0.2) is 13.8 Å². The molecule has 1 aromatic carbocycles. The molecule has 0 unspecified atom stereocenters. The van der Waals surface area contributed by atoms with E-state index in [4.69, 9.17) is 0 Å². The Morgan fingerprint density at radius 3 is 2.47 bits per heavy atom. The van der Waals surface area contributed by atoms with Crippen molar-refractivity contribution in [3.8, 4) is 17.2 Å². The number of rotatable bonds is 10. The Morgan fingerprint density at radius 1 is 1.07 bits per heavy atom. The fourth-order valence-electron chi connectivity index (χ4n) is 5.85. The SMILES string of the molecule is CC1(CNCc2cc(C(=O)Nc3cc(-c4ccc(C#N)cc4C(=O)N4CC(F)(F)C4)cc(C4CC4)n3)c(=O)n(C3CC3)c2)CC1. The van der Waals surface area contributed by atoms with Crippen LogP contribution < -0.4 is 16.2 Å². The Kier molecular flexibility index (Phi) is 7.08. The molecule has 2 N–H and O–H groups in total. The highest BCUT2D eigenvalue weighted by Gasteiger charge is 2.46. The topological polar surface area (TPSA) is 120 Å². The van der Waals surface area contributed by atoms with Crippen molar-refractivity contribution >= 4 is 17.6 Å². The standard InChI is InChI=1S/C34H34F2N6O3/c1-33(8-9-33)17-38-15-21-11-27(32(45)42(16-21)24-5-6-24)30(43)40-29-13-23(12-28(39-29)22-3-4-22)25-7-2-20(14-37)10-26(25)31(44)41-18-34(35,36)19-41/h2,7,10-13,16,22,24,38H,3-6,8-9,15,17-19H2,1H3,(H,39,40,43). The number of hydrogen-bond donors (Lipinski definition) is 2. The number of halogens is 2. The highest BCUT2D eigenvalue weighted by atomic mass is 19.3. The zero-order chi connectivity index (χ0) is 31.5. The predicted molar refractivity (Wildman–Crippen MR) is 163 cm³/mol. The van der Waals surface area contributed by atoms with Crippen LogP contribution in [0.3, 0.4) is 0 Å². The molecule has 1 saturated heterocycles. The molecular formula is C34H34F2N6O3. The number of likely N-dealkylation sites (tertiary alicyclic amines) is 1. The van der Waals surface area contributed by atoms with E-state index in [1.165, 1.54) is 18.9 Å². The molecule has 9 nitrogen and oxygen atoms in total. The molecule has 1 aliphatic heterocycles. The number of carbonyl (C=O) groups excluding carboxylic acids is 2. The highest BCUT2D eigenvalue weighted by molar-refractivity contribution is 6.05. The number of anilines is 1. The molecule has 3 aromatic rings. The van der Waals surface area contributed by atoms with Crippen LogP contribution in [0, 0.1) is 16.7 Å². The van der Waals surface area contributed by atoms with Gasteiger partial charge >= 0.3 is 0 Å². The van der Waals surface area contributed by atoms with E-state index in [9.17, 15) is 28.4 Å². The van der Waals surface area contributed by atoms with Crippen molar-refractivity contribution in [2.45, 2.75) is 69.9 Å². The first kappa shape index (κ1) is 29.3. The van der Waals surface area contributed by atoms with Gasteiger partial charge in [0.25, 0.3) is 23.3 Å². The molecule has 4 aliphatic rings.